The van der Waals surface area contributed by atoms with Crippen molar-refractivity contribution < 1.29 is 13.2 Å². The first-order valence-electron chi connectivity index (χ1n) is 7.36. The topological polar surface area (TPSA) is 78.5 Å². The van der Waals surface area contributed by atoms with Crippen molar-refractivity contribution >= 4 is 21.7 Å². The number of nitrogens with zero attached hydrogens (tertiary/aromatic N) is 1. The summed E-state index contributed by atoms with van der Waals surface area (Å²) in [5.74, 6) is 0. The lowest BCUT2D eigenvalue weighted by atomic mass is 10.1. The van der Waals surface area contributed by atoms with Gasteiger partial charge in [0.05, 0.1) is 18.5 Å². The van der Waals surface area contributed by atoms with E-state index in [1.807, 2.05) is 32.0 Å². The zero-order valence-corrected chi connectivity index (χ0v) is 14.0. The number of nitrogens with one attached hydrogen (secondary N) is 2. The summed E-state index contributed by atoms with van der Waals surface area (Å²) in [5, 5.41) is 5.51. The van der Waals surface area contributed by atoms with Gasteiger partial charge in [0.2, 0.25) is 10.0 Å². The summed E-state index contributed by atoms with van der Waals surface area (Å²) >= 11 is 0. The molecule has 0 radical (unpaired) electrons. The van der Waals surface area contributed by atoms with Crippen molar-refractivity contribution in [3.8, 4) is 0 Å². The maximum Gasteiger partial charge on any atom is 0.315 e. The Bertz CT molecular complexity index is 654. The summed E-state index contributed by atoms with van der Waals surface area (Å²) in [6.45, 7) is 4.27. The highest BCUT2D eigenvalue weighted by Gasteiger charge is 2.23. The molecule has 0 aromatic heterocycles. The molecule has 0 unspecified atom stereocenters. The quantitative estimate of drug-likeness (QED) is 0.832. The third-order valence-electron chi connectivity index (χ3n) is 3.55. The molecule has 0 spiro atoms. The highest BCUT2D eigenvalue weighted by molar-refractivity contribution is 7.92. The lowest BCUT2D eigenvalue weighted by molar-refractivity contribution is 0.241. The summed E-state index contributed by atoms with van der Waals surface area (Å²) in [5.41, 5.74) is 2.54. The van der Waals surface area contributed by atoms with Gasteiger partial charge in [-0.3, -0.25) is 4.31 Å². The monoisotopic (exact) mass is 325 g/mol. The van der Waals surface area contributed by atoms with E-state index >= 15 is 0 Å². The molecule has 1 fully saturated rings. The molecule has 22 heavy (non-hydrogen) atoms. The van der Waals surface area contributed by atoms with Crippen LogP contribution in [0, 0.1) is 13.8 Å². The van der Waals surface area contributed by atoms with E-state index in [4.69, 9.17) is 0 Å². The molecule has 2 amide bonds. The first kappa shape index (κ1) is 16.6. The van der Waals surface area contributed by atoms with E-state index in [-0.39, 0.29) is 25.2 Å². The van der Waals surface area contributed by atoms with Crippen molar-refractivity contribution in [2.45, 2.75) is 32.7 Å². The van der Waals surface area contributed by atoms with Gasteiger partial charge in [0.25, 0.3) is 0 Å². The van der Waals surface area contributed by atoms with Gasteiger partial charge < -0.3 is 10.6 Å². The van der Waals surface area contributed by atoms with E-state index in [1.165, 1.54) is 10.6 Å². The van der Waals surface area contributed by atoms with Crippen LogP contribution in [0.15, 0.2) is 18.2 Å². The van der Waals surface area contributed by atoms with Crippen LogP contribution >= 0.6 is 0 Å². The van der Waals surface area contributed by atoms with Crippen LogP contribution < -0.4 is 14.9 Å². The fourth-order valence-electron chi connectivity index (χ4n) is 2.19. The van der Waals surface area contributed by atoms with Gasteiger partial charge in [-0.15, -0.1) is 0 Å². The van der Waals surface area contributed by atoms with Gasteiger partial charge >= 0.3 is 6.03 Å². The van der Waals surface area contributed by atoms with Crippen LogP contribution in [0.5, 0.6) is 0 Å². The molecular formula is C15H23N3O3S. The molecule has 0 bridgehead atoms. The molecule has 7 heteroatoms. The molecule has 0 aliphatic heterocycles. The number of anilines is 1. The van der Waals surface area contributed by atoms with Gasteiger partial charge in [-0.25, -0.2) is 13.2 Å². The van der Waals surface area contributed by atoms with Crippen LogP contribution in [0.3, 0.4) is 0 Å². The van der Waals surface area contributed by atoms with Crippen molar-refractivity contribution in [1.82, 2.24) is 10.6 Å². The van der Waals surface area contributed by atoms with Crippen LogP contribution in [0.25, 0.3) is 0 Å². The maximum atomic E-state index is 12.1. The van der Waals surface area contributed by atoms with E-state index < -0.39 is 10.0 Å². The minimum absolute atomic E-state index is 0.210. The second-order valence-electron chi connectivity index (χ2n) is 5.80. The SMILES string of the molecule is Cc1ccc(C)c(N(CCNC(=O)NC2CC2)S(C)(=O)=O)c1. The predicted octanol–water partition coefficient (Wildman–Crippen LogP) is 1.53. The van der Waals surface area contributed by atoms with Crippen LogP contribution in [-0.2, 0) is 10.0 Å². The Morgan fingerprint density at radius 3 is 2.59 bits per heavy atom. The Kier molecular flexibility index (Phi) is 4.95. The van der Waals surface area contributed by atoms with Crippen molar-refractivity contribution in [2.24, 2.45) is 0 Å². The first-order valence-corrected chi connectivity index (χ1v) is 9.21. The lowest BCUT2D eigenvalue weighted by Crippen LogP contribution is -2.42. The van der Waals surface area contributed by atoms with Crippen LogP contribution in [0.2, 0.25) is 0 Å². The van der Waals surface area contributed by atoms with E-state index in [2.05, 4.69) is 10.6 Å². The molecule has 1 aromatic rings. The van der Waals surface area contributed by atoms with Gasteiger partial charge in [0, 0.05) is 12.6 Å². The zero-order valence-electron chi connectivity index (χ0n) is 13.2. The number of benzene rings is 1. The molecule has 122 valence electrons. The number of hydrogen-bond donors (Lipinski definition) is 2. The number of rotatable bonds is 6. The Morgan fingerprint density at radius 1 is 1.32 bits per heavy atom. The molecule has 0 saturated heterocycles. The highest BCUT2D eigenvalue weighted by Crippen LogP contribution is 2.23. The van der Waals surface area contributed by atoms with E-state index in [1.54, 1.807) is 0 Å². The van der Waals surface area contributed by atoms with Crippen LogP contribution in [0.4, 0.5) is 10.5 Å². The largest absolute Gasteiger partial charge is 0.336 e. The fourth-order valence-corrected chi connectivity index (χ4v) is 3.17. The summed E-state index contributed by atoms with van der Waals surface area (Å²) in [6.07, 6.45) is 3.22. The van der Waals surface area contributed by atoms with E-state index in [9.17, 15) is 13.2 Å². The van der Waals surface area contributed by atoms with Gasteiger partial charge in [-0.2, -0.15) is 0 Å². The molecule has 0 atom stereocenters. The number of urea groups is 1. The molecule has 2 rings (SSSR count). The smallest absolute Gasteiger partial charge is 0.315 e. The second kappa shape index (κ2) is 6.56. The van der Waals surface area contributed by atoms with Gasteiger partial charge in [0.1, 0.15) is 0 Å². The average Bonchev–Trinajstić information content (AvgIpc) is 3.20. The molecule has 0 heterocycles. The van der Waals surface area contributed by atoms with Gasteiger partial charge in [-0.05, 0) is 43.9 Å². The Balaban J connectivity index is 2.03. The highest BCUT2D eigenvalue weighted by atomic mass is 32.2. The van der Waals surface area contributed by atoms with Crippen LogP contribution in [-0.4, -0.2) is 39.8 Å². The summed E-state index contributed by atoms with van der Waals surface area (Å²) < 4.78 is 25.5. The minimum atomic E-state index is -3.40. The Hall–Kier alpha value is -1.76. The third-order valence-corrected chi connectivity index (χ3v) is 4.73. The lowest BCUT2D eigenvalue weighted by Gasteiger charge is -2.24. The van der Waals surface area contributed by atoms with E-state index in [0.29, 0.717) is 5.69 Å². The standard InChI is InChI=1S/C15H23N3O3S/c1-11-4-5-12(2)14(10-11)18(22(3,20)21)9-8-16-15(19)17-13-6-7-13/h4-5,10,13H,6-9H2,1-3H3,(H2,16,17,19). The molecule has 6 nitrogen and oxygen atoms in total. The zero-order chi connectivity index (χ0) is 16.3. The molecule has 1 aromatic carbocycles. The van der Waals surface area contributed by atoms with Gasteiger partial charge in [0.15, 0.2) is 0 Å². The van der Waals surface area contributed by atoms with Crippen molar-refractivity contribution in [2.75, 3.05) is 23.7 Å². The molecular weight excluding hydrogens is 302 g/mol. The molecule has 1 aliphatic carbocycles. The number of hydrogen-bond acceptors (Lipinski definition) is 3. The number of sulfonamides is 1. The average molecular weight is 325 g/mol. The Morgan fingerprint density at radius 2 is 2.00 bits per heavy atom. The van der Waals surface area contributed by atoms with Crippen LogP contribution in [0.1, 0.15) is 24.0 Å². The van der Waals surface area contributed by atoms with Gasteiger partial charge in [-0.1, -0.05) is 12.1 Å². The summed E-state index contributed by atoms with van der Waals surface area (Å²) in [6, 6.07) is 5.74. The number of aryl methyl sites for hydroxylation is 2. The number of carbonyl (C=O) groups is 1. The van der Waals surface area contributed by atoms with Crippen molar-refractivity contribution in [3.63, 3.8) is 0 Å². The second-order valence-corrected chi connectivity index (χ2v) is 7.71. The minimum Gasteiger partial charge on any atom is -0.336 e. The fraction of sp³-hybridized carbons (Fsp3) is 0.533. The number of amides is 2. The van der Waals surface area contributed by atoms with Crippen molar-refractivity contribution in [1.29, 1.82) is 0 Å². The summed E-state index contributed by atoms with van der Waals surface area (Å²) in [4.78, 5) is 11.6. The predicted molar refractivity (Wildman–Crippen MR) is 87.7 cm³/mol. The normalized spacial score (nSPS) is 14.5. The molecule has 2 N–H and O–H groups in total. The van der Waals surface area contributed by atoms with E-state index in [0.717, 1.165) is 24.0 Å². The Labute approximate surface area is 131 Å². The molecule has 1 aliphatic rings. The summed E-state index contributed by atoms with van der Waals surface area (Å²) in [7, 11) is -3.40. The first-order chi connectivity index (χ1) is 10.3. The maximum absolute atomic E-state index is 12.1. The molecule has 1 saturated carbocycles. The number of carbonyl (C=O) groups excluding carboxylic acids is 1. The van der Waals surface area contributed by atoms with Crippen molar-refractivity contribution in [3.05, 3.63) is 29.3 Å². The third kappa shape index (κ3) is 4.62.